The lowest BCUT2D eigenvalue weighted by Gasteiger charge is -2.32. The SMILES string of the molecule is CCCN(CCCNC(=O)OC1CCC1)C(=O)C1=Cc2sc(CCC3CCN(C(=O)CCOCCOCCOC(CO)OCCOCCOCCOCCOCCOCCOCCC(=O)Oc4c(F)c(F)cc(F)c4F)CC3)cc2N=C(N)C1. The lowest BCUT2D eigenvalue weighted by molar-refractivity contribution is -0.176. The first-order valence-corrected chi connectivity index (χ1v) is 29.8. The standard InChI is InChI=1S/C57H85F4N5O17S/c1-2-14-66(15-4-13-63-57(71)82-43-5-3-6-43)56(70)42-36-48-47(64-49(62)37-42)38-44(84-48)8-7-41-9-16-65(17-10-41)50(68)11-18-72-20-23-78-32-34-80-52(40-67)81-35-33-79-31-30-77-29-28-76-27-26-75-25-24-74-22-21-73-19-12-51(69)83-55-53(60)45(58)39-46(59)54(55)61/h36,38-39,41,43,52,67H,2-35,37,40H2,1H3,(H2,62,64)(H,63,71). The fraction of sp³-hybridized carbons (Fsp3) is 0.702. The molecular formula is C57H85F4N5O17S. The van der Waals surface area contributed by atoms with Crippen LogP contribution in [0.25, 0.3) is 6.08 Å². The van der Waals surface area contributed by atoms with Crippen LogP contribution in [-0.4, -0.2) is 215 Å². The number of aliphatic hydroxyl groups excluding tert-OH is 1. The van der Waals surface area contributed by atoms with E-state index in [1.807, 2.05) is 22.8 Å². The fourth-order valence-corrected chi connectivity index (χ4v) is 9.76. The maximum atomic E-state index is 13.8. The fourth-order valence-electron chi connectivity index (χ4n) is 8.68. The summed E-state index contributed by atoms with van der Waals surface area (Å²) in [6.45, 7) is 9.34. The molecule has 2 aliphatic heterocycles. The van der Waals surface area contributed by atoms with E-state index in [-0.39, 0.29) is 89.9 Å². The summed E-state index contributed by atoms with van der Waals surface area (Å²) in [6, 6.07) is 2.09. The largest absolute Gasteiger partial charge is 0.446 e. The van der Waals surface area contributed by atoms with Crippen molar-refractivity contribution in [1.82, 2.24) is 15.1 Å². The van der Waals surface area contributed by atoms with Gasteiger partial charge in [-0.15, -0.1) is 11.3 Å². The Balaban J connectivity index is 0.765. The van der Waals surface area contributed by atoms with Gasteiger partial charge in [0.25, 0.3) is 0 Å². The van der Waals surface area contributed by atoms with E-state index >= 15 is 0 Å². The number of fused-ring (bicyclic) bond motifs is 1. The van der Waals surface area contributed by atoms with Gasteiger partial charge in [0.2, 0.25) is 29.2 Å². The Kier molecular flexibility index (Phi) is 34.3. The van der Waals surface area contributed by atoms with Gasteiger partial charge in [0.05, 0.1) is 149 Å². The number of aliphatic imine (C=N–C) groups is 1. The number of esters is 1. The van der Waals surface area contributed by atoms with Crippen LogP contribution in [0, 0.1) is 29.2 Å². The number of piperidine rings is 1. The molecule has 22 nitrogen and oxygen atoms in total. The molecule has 4 N–H and O–H groups in total. The van der Waals surface area contributed by atoms with Gasteiger partial charge in [-0.1, -0.05) is 6.92 Å². The van der Waals surface area contributed by atoms with E-state index in [2.05, 4.69) is 21.1 Å². The normalized spacial score (nSPS) is 15.0. The van der Waals surface area contributed by atoms with Crippen molar-refractivity contribution in [1.29, 1.82) is 0 Å². The molecule has 3 heterocycles. The summed E-state index contributed by atoms with van der Waals surface area (Å²) < 4.78 is 118. The van der Waals surface area contributed by atoms with Crippen LogP contribution in [0.3, 0.4) is 0 Å². The molecule has 2 aromatic rings. The number of thiophene rings is 1. The zero-order valence-corrected chi connectivity index (χ0v) is 49.1. The summed E-state index contributed by atoms with van der Waals surface area (Å²) in [4.78, 5) is 61.0. The number of rotatable bonds is 45. The van der Waals surface area contributed by atoms with Crippen molar-refractivity contribution in [2.75, 3.05) is 158 Å². The van der Waals surface area contributed by atoms with Crippen molar-refractivity contribution >= 4 is 52.8 Å². The van der Waals surface area contributed by atoms with E-state index in [1.54, 1.807) is 11.3 Å². The molecule has 0 bridgehead atoms. The maximum absolute atomic E-state index is 13.8. The van der Waals surface area contributed by atoms with Crippen molar-refractivity contribution in [3.05, 3.63) is 50.7 Å². The van der Waals surface area contributed by atoms with Gasteiger partial charge in [0.15, 0.2) is 17.9 Å². The van der Waals surface area contributed by atoms with Gasteiger partial charge in [0, 0.05) is 55.7 Å². The predicted octanol–water partition coefficient (Wildman–Crippen LogP) is 6.03. The Bertz CT molecular complexity index is 2300. The van der Waals surface area contributed by atoms with E-state index in [1.165, 1.54) is 4.88 Å². The number of alkyl carbamates (subject to hydrolysis) is 1. The third kappa shape index (κ3) is 27.2. The molecule has 2 fully saturated rings. The Labute approximate surface area is 492 Å². The summed E-state index contributed by atoms with van der Waals surface area (Å²) >= 11 is 1.65. The first-order valence-electron chi connectivity index (χ1n) is 29.0. The molecule has 1 saturated carbocycles. The van der Waals surface area contributed by atoms with Crippen LogP contribution < -0.4 is 15.8 Å². The number of carbonyl (C=O) groups is 4. The van der Waals surface area contributed by atoms with Gasteiger partial charge >= 0.3 is 12.1 Å². The molecule has 27 heteroatoms. The molecule has 5 rings (SSSR count). The maximum Gasteiger partial charge on any atom is 0.407 e. The van der Waals surface area contributed by atoms with E-state index in [0.29, 0.717) is 129 Å². The Morgan fingerprint density at radius 2 is 1.27 bits per heavy atom. The highest BCUT2D eigenvalue weighted by atomic mass is 32.1. The van der Waals surface area contributed by atoms with E-state index < -0.39 is 53.8 Å². The van der Waals surface area contributed by atoms with Crippen molar-refractivity contribution in [3.8, 4) is 5.75 Å². The van der Waals surface area contributed by atoms with Crippen molar-refractivity contribution in [2.24, 2.45) is 16.6 Å². The molecule has 1 unspecified atom stereocenters. The zero-order valence-electron chi connectivity index (χ0n) is 48.2. The number of ether oxygens (including phenoxy) is 12. The van der Waals surface area contributed by atoms with Crippen LogP contribution in [0.4, 0.5) is 28.0 Å². The monoisotopic (exact) mass is 1220 g/mol. The number of aliphatic hydroxyl groups is 1. The molecule has 84 heavy (non-hydrogen) atoms. The summed E-state index contributed by atoms with van der Waals surface area (Å²) in [7, 11) is 0. The molecule has 0 spiro atoms. The number of halogens is 4. The molecule has 0 radical (unpaired) electrons. The quantitative estimate of drug-likeness (QED) is 0.0171. The van der Waals surface area contributed by atoms with E-state index in [0.717, 1.165) is 61.9 Å². The summed E-state index contributed by atoms with van der Waals surface area (Å²) in [5.41, 5.74) is 7.74. The van der Waals surface area contributed by atoms with Crippen LogP contribution in [0.2, 0.25) is 0 Å². The number of hydrogen-bond acceptors (Lipinski definition) is 20. The first kappa shape index (κ1) is 69.9. The topological polar surface area (TPSA) is 256 Å². The lowest BCUT2D eigenvalue weighted by Crippen LogP contribution is -2.39. The highest BCUT2D eigenvalue weighted by molar-refractivity contribution is 7.13. The second kappa shape index (κ2) is 41.2. The van der Waals surface area contributed by atoms with Crippen LogP contribution >= 0.6 is 11.3 Å². The number of aryl methyl sites for hydroxylation is 1. The summed E-state index contributed by atoms with van der Waals surface area (Å²) in [5.74, 6) is -8.65. The van der Waals surface area contributed by atoms with Gasteiger partial charge in [-0.25, -0.2) is 18.6 Å². The molecular weight excluding hydrogens is 1130 g/mol. The molecule has 1 atom stereocenters. The lowest BCUT2D eigenvalue weighted by atomic mass is 9.92. The highest BCUT2D eigenvalue weighted by Gasteiger charge is 2.27. The van der Waals surface area contributed by atoms with Crippen LogP contribution in [-0.2, 0) is 72.9 Å². The Morgan fingerprint density at radius 3 is 1.80 bits per heavy atom. The second-order valence-corrected chi connectivity index (χ2v) is 21.0. The van der Waals surface area contributed by atoms with Crippen LogP contribution in [0.1, 0.15) is 87.3 Å². The molecule has 1 aromatic heterocycles. The number of nitrogens with one attached hydrogen (secondary N) is 1. The van der Waals surface area contributed by atoms with Gasteiger partial charge in [-0.2, -0.15) is 8.78 Å². The average Bonchev–Trinajstić information content (AvgIpc) is 3.69. The van der Waals surface area contributed by atoms with Gasteiger partial charge in [-0.05, 0) is 75.8 Å². The zero-order chi connectivity index (χ0) is 60.2. The van der Waals surface area contributed by atoms with Crippen LogP contribution in [0.5, 0.6) is 5.75 Å². The summed E-state index contributed by atoms with van der Waals surface area (Å²) in [5, 5.41) is 12.4. The minimum Gasteiger partial charge on any atom is -0.446 e. The molecule has 474 valence electrons. The number of amides is 3. The minimum absolute atomic E-state index is 0.0114. The first-order chi connectivity index (χ1) is 40.8. The molecule has 1 aromatic carbocycles. The highest BCUT2D eigenvalue weighted by Crippen LogP contribution is 2.37. The molecule has 1 saturated heterocycles. The number of nitrogens with zero attached hydrogens (tertiary/aromatic N) is 3. The van der Waals surface area contributed by atoms with Gasteiger partial charge in [-0.3, -0.25) is 14.4 Å². The smallest absolute Gasteiger partial charge is 0.407 e. The number of carbonyl (C=O) groups excluding carboxylic acids is 4. The Morgan fingerprint density at radius 1 is 0.738 bits per heavy atom. The number of hydrogen-bond donors (Lipinski definition) is 3. The van der Waals surface area contributed by atoms with E-state index in [9.17, 15) is 41.8 Å². The number of nitrogens with two attached hydrogens (primary N) is 1. The number of benzene rings is 1. The third-order valence-corrected chi connectivity index (χ3v) is 14.5. The minimum atomic E-state index is -1.81. The van der Waals surface area contributed by atoms with Gasteiger partial charge < -0.3 is 82.8 Å². The van der Waals surface area contributed by atoms with Crippen molar-refractivity contribution < 1.29 is 98.7 Å². The molecule has 1 aliphatic carbocycles. The number of likely N-dealkylation sites (tertiary alicyclic amines) is 1. The van der Waals surface area contributed by atoms with Gasteiger partial charge in [0.1, 0.15) is 11.9 Å². The average molecular weight is 1220 g/mol. The Hall–Kier alpha value is -4.91. The third-order valence-electron chi connectivity index (χ3n) is 13.4. The summed E-state index contributed by atoms with van der Waals surface area (Å²) in [6.07, 6.45) is 8.99. The van der Waals surface area contributed by atoms with Crippen LogP contribution in [0.15, 0.2) is 22.7 Å². The van der Waals surface area contributed by atoms with Crippen molar-refractivity contribution in [3.63, 3.8) is 0 Å². The molecule has 3 amide bonds. The number of amidine groups is 1. The van der Waals surface area contributed by atoms with Crippen molar-refractivity contribution in [2.45, 2.75) is 96.4 Å². The second-order valence-electron chi connectivity index (χ2n) is 19.8. The predicted molar refractivity (Wildman–Crippen MR) is 300 cm³/mol. The van der Waals surface area contributed by atoms with E-state index in [4.69, 9.17) is 57.8 Å². The molecule has 3 aliphatic rings.